The van der Waals surface area contributed by atoms with Crippen LogP contribution in [0.4, 0.5) is 0 Å². The lowest BCUT2D eigenvalue weighted by Crippen LogP contribution is -1.92. The van der Waals surface area contributed by atoms with Crippen LogP contribution in [0.25, 0.3) is 0 Å². The minimum absolute atomic E-state index is 0.799. The van der Waals surface area contributed by atoms with Crippen LogP contribution in [-0.2, 0) is 6.42 Å². The van der Waals surface area contributed by atoms with Crippen LogP contribution in [0.5, 0.6) is 11.5 Å². The number of unbranched alkanes of at least 4 members (excludes halogenated alkanes) is 1. The molecule has 0 N–H and O–H groups in total. The van der Waals surface area contributed by atoms with Crippen molar-refractivity contribution in [1.82, 2.24) is 0 Å². The first-order valence-electron chi connectivity index (χ1n) is 6.76. The van der Waals surface area contributed by atoms with Crippen LogP contribution in [0.1, 0.15) is 46.1 Å². The molecule has 0 saturated carbocycles. The highest BCUT2D eigenvalue weighted by Crippen LogP contribution is 2.27. The smallest absolute Gasteiger partial charge is 0.160 e. The van der Waals surface area contributed by atoms with Crippen LogP contribution < -0.4 is 9.47 Å². The lowest BCUT2D eigenvalue weighted by Gasteiger charge is -2.09. The third-order valence-electron chi connectivity index (χ3n) is 2.27. The fourth-order valence-electron chi connectivity index (χ4n) is 1.42. The Hall–Kier alpha value is -1.18. The van der Waals surface area contributed by atoms with E-state index < -0.39 is 0 Å². The van der Waals surface area contributed by atoms with Crippen molar-refractivity contribution < 1.29 is 9.47 Å². The molecular formula is C16H28O2. The van der Waals surface area contributed by atoms with Gasteiger partial charge in [0.05, 0.1) is 14.2 Å². The molecule has 104 valence electrons. The largest absolute Gasteiger partial charge is 0.493 e. The van der Waals surface area contributed by atoms with Crippen molar-refractivity contribution in [2.24, 2.45) is 5.92 Å². The Morgan fingerprint density at radius 1 is 1.00 bits per heavy atom. The SMILES string of the molecule is CC(C)C.CCCCc1ccc(OC)c(OC)c1. The van der Waals surface area contributed by atoms with Gasteiger partial charge in [-0.05, 0) is 36.5 Å². The number of methoxy groups -OCH3 is 2. The van der Waals surface area contributed by atoms with Gasteiger partial charge in [-0.2, -0.15) is 0 Å². The van der Waals surface area contributed by atoms with E-state index in [0.717, 1.165) is 23.8 Å². The van der Waals surface area contributed by atoms with E-state index in [9.17, 15) is 0 Å². The summed E-state index contributed by atoms with van der Waals surface area (Å²) in [6.45, 7) is 8.70. The maximum absolute atomic E-state index is 5.23. The summed E-state index contributed by atoms with van der Waals surface area (Å²) in [5.74, 6) is 2.45. The van der Waals surface area contributed by atoms with Crippen molar-refractivity contribution in [3.8, 4) is 11.5 Å². The second-order valence-corrected chi connectivity index (χ2v) is 5.02. The zero-order valence-corrected chi connectivity index (χ0v) is 12.7. The number of rotatable bonds is 5. The van der Waals surface area contributed by atoms with E-state index in [1.165, 1.54) is 18.4 Å². The van der Waals surface area contributed by atoms with E-state index in [2.05, 4.69) is 39.8 Å². The van der Waals surface area contributed by atoms with Gasteiger partial charge in [-0.1, -0.05) is 40.2 Å². The predicted octanol–water partition coefficient (Wildman–Crippen LogP) is 4.71. The first-order chi connectivity index (χ1) is 8.54. The molecule has 0 radical (unpaired) electrons. The number of aryl methyl sites for hydroxylation is 1. The molecule has 0 heterocycles. The molecule has 0 fully saturated rings. The summed E-state index contributed by atoms with van der Waals surface area (Å²) in [6.07, 6.45) is 3.54. The highest BCUT2D eigenvalue weighted by atomic mass is 16.5. The molecule has 0 aromatic heterocycles. The van der Waals surface area contributed by atoms with E-state index in [1.807, 2.05) is 6.07 Å². The highest BCUT2D eigenvalue weighted by molar-refractivity contribution is 5.42. The Balaban J connectivity index is 0.000000631. The van der Waals surface area contributed by atoms with E-state index in [0.29, 0.717) is 0 Å². The third-order valence-corrected chi connectivity index (χ3v) is 2.27. The van der Waals surface area contributed by atoms with Gasteiger partial charge >= 0.3 is 0 Å². The molecule has 2 heteroatoms. The first-order valence-corrected chi connectivity index (χ1v) is 6.76. The Kier molecular flexibility index (Phi) is 9.17. The average molecular weight is 252 g/mol. The first kappa shape index (κ1) is 16.8. The summed E-state index contributed by atoms with van der Waals surface area (Å²) in [5, 5.41) is 0. The number of hydrogen-bond donors (Lipinski definition) is 0. The summed E-state index contributed by atoms with van der Waals surface area (Å²) >= 11 is 0. The van der Waals surface area contributed by atoms with Crippen molar-refractivity contribution in [3.05, 3.63) is 23.8 Å². The molecule has 1 rings (SSSR count). The number of hydrogen-bond acceptors (Lipinski definition) is 2. The van der Waals surface area contributed by atoms with Crippen LogP contribution >= 0.6 is 0 Å². The maximum atomic E-state index is 5.23. The zero-order valence-electron chi connectivity index (χ0n) is 12.7. The average Bonchev–Trinajstić information content (AvgIpc) is 2.35. The molecule has 0 atom stereocenters. The van der Waals surface area contributed by atoms with Gasteiger partial charge in [-0.25, -0.2) is 0 Å². The van der Waals surface area contributed by atoms with Crippen molar-refractivity contribution in [2.75, 3.05) is 14.2 Å². The molecule has 0 aliphatic rings. The van der Waals surface area contributed by atoms with Gasteiger partial charge in [-0.15, -0.1) is 0 Å². The topological polar surface area (TPSA) is 18.5 Å². The van der Waals surface area contributed by atoms with Gasteiger partial charge in [0.25, 0.3) is 0 Å². The van der Waals surface area contributed by atoms with Gasteiger partial charge in [0.15, 0.2) is 11.5 Å². The Bertz CT molecular complexity index is 316. The minimum atomic E-state index is 0.799. The summed E-state index contributed by atoms with van der Waals surface area (Å²) < 4.78 is 10.4. The maximum Gasteiger partial charge on any atom is 0.160 e. The lowest BCUT2D eigenvalue weighted by molar-refractivity contribution is 0.354. The summed E-state index contributed by atoms with van der Waals surface area (Å²) in [5.41, 5.74) is 1.31. The van der Waals surface area contributed by atoms with Crippen molar-refractivity contribution in [1.29, 1.82) is 0 Å². The number of ether oxygens (including phenoxy) is 2. The molecule has 0 spiro atoms. The molecule has 0 unspecified atom stereocenters. The molecule has 1 aromatic carbocycles. The molecule has 0 aliphatic carbocycles. The van der Waals surface area contributed by atoms with Crippen molar-refractivity contribution in [2.45, 2.75) is 47.0 Å². The summed E-state index contributed by atoms with van der Waals surface area (Å²) in [7, 11) is 3.32. The van der Waals surface area contributed by atoms with Crippen LogP contribution in [-0.4, -0.2) is 14.2 Å². The zero-order chi connectivity index (χ0) is 14.0. The fourth-order valence-corrected chi connectivity index (χ4v) is 1.42. The van der Waals surface area contributed by atoms with Gasteiger partial charge < -0.3 is 9.47 Å². The third kappa shape index (κ3) is 7.21. The van der Waals surface area contributed by atoms with E-state index >= 15 is 0 Å². The molecule has 0 bridgehead atoms. The second-order valence-electron chi connectivity index (χ2n) is 5.02. The monoisotopic (exact) mass is 252 g/mol. The highest BCUT2D eigenvalue weighted by Gasteiger charge is 2.03. The van der Waals surface area contributed by atoms with Gasteiger partial charge in [0.2, 0.25) is 0 Å². The molecule has 0 aliphatic heterocycles. The van der Waals surface area contributed by atoms with Crippen LogP contribution in [0.15, 0.2) is 18.2 Å². The molecule has 0 saturated heterocycles. The number of benzene rings is 1. The normalized spacial score (nSPS) is 9.72. The molecule has 1 aromatic rings. The second kappa shape index (κ2) is 9.81. The molecule has 0 amide bonds. The molecule has 2 nitrogen and oxygen atoms in total. The fraction of sp³-hybridized carbons (Fsp3) is 0.625. The quantitative estimate of drug-likeness (QED) is 0.755. The van der Waals surface area contributed by atoms with Crippen LogP contribution in [0, 0.1) is 5.92 Å². The van der Waals surface area contributed by atoms with E-state index in [1.54, 1.807) is 14.2 Å². The molecular weight excluding hydrogens is 224 g/mol. The van der Waals surface area contributed by atoms with Gasteiger partial charge in [-0.3, -0.25) is 0 Å². The van der Waals surface area contributed by atoms with Crippen LogP contribution in [0.3, 0.4) is 0 Å². The Morgan fingerprint density at radius 3 is 2.00 bits per heavy atom. The van der Waals surface area contributed by atoms with Gasteiger partial charge in [0, 0.05) is 0 Å². The molecule has 18 heavy (non-hydrogen) atoms. The van der Waals surface area contributed by atoms with E-state index in [-0.39, 0.29) is 0 Å². The summed E-state index contributed by atoms with van der Waals surface area (Å²) in [6, 6.07) is 6.11. The van der Waals surface area contributed by atoms with Crippen molar-refractivity contribution >= 4 is 0 Å². The standard InChI is InChI=1S/C12H18O2.C4H10/c1-4-5-6-10-7-8-11(13-2)12(9-10)14-3;1-4(2)3/h7-9H,4-6H2,1-3H3;4H,1-3H3. The van der Waals surface area contributed by atoms with Crippen molar-refractivity contribution in [3.63, 3.8) is 0 Å². The minimum Gasteiger partial charge on any atom is -0.493 e. The van der Waals surface area contributed by atoms with Gasteiger partial charge in [0.1, 0.15) is 0 Å². The van der Waals surface area contributed by atoms with E-state index in [4.69, 9.17) is 9.47 Å². The lowest BCUT2D eigenvalue weighted by atomic mass is 10.1. The Labute approximate surface area is 112 Å². The Morgan fingerprint density at radius 2 is 1.56 bits per heavy atom. The van der Waals surface area contributed by atoms with Crippen LogP contribution in [0.2, 0.25) is 0 Å². The summed E-state index contributed by atoms with van der Waals surface area (Å²) in [4.78, 5) is 0. The predicted molar refractivity (Wildman–Crippen MR) is 78.7 cm³/mol.